The Morgan fingerprint density at radius 1 is 1.33 bits per heavy atom. The Bertz CT molecular complexity index is 497. The molecule has 0 heterocycles. The van der Waals surface area contributed by atoms with Gasteiger partial charge in [0.05, 0.1) is 12.4 Å². The molecule has 5 heteroatoms. The van der Waals surface area contributed by atoms with E-state index in [1.807, 2.05) is 39.0 Å². The van der Waals surface area contributed by atoms with E-state index in [4.69, 9.17) is 4.74 Å². The number of rotatable bonds is 6. The summed E-state index contributed by atoms with van der Waals surface area (Å²) in [6.45, 7) is 6.08. The molecule has 0 aliphatic heterocycles. The molecule has 102 valence electrons. The molecule has 0 spiro atoms. The van der Waals surface area contributed by atoms with Crippen LogP contribution in [0.4, 0.5) is 0 Å². The lowest BCUT2D eigenvalue weighted by Crippen LogP contribution is -2.31. The van der Waals surface area contributed by atoms with Gasteiger partial charge in [-0.1, -0.05) is 18.2 Å². The molecule has 0 amide bonds. The number of aryl methyl sites for hydroxylation is 1. The predicted octanol–water partition coefficient (Wildman–Crippen LogP) is 1.93. The van der Waals surface area contributed by atoms with E-state index in [1.54, 1.807) is 0 Å². The molecule has 0 bridgehead atoms. The van der Waals surface area contributed by atoms with Crippen LogP contribution in [0.1, 0.15) is 29.7 Å². The third kappa shape index (κ3) is 4.08. The van der Waals surface area contributed by atoms with Crippen molar-refractivity contribution in [2.24, 2.45) is 0 Å². The second-order valence-electron chi connectivity index (χ2n) is 4.44. The molecule has 1 aromatic rings. The summed E-state index contributed by atoms with van der Waals surface area (Å²) in [5, 5.41) is 0. The summed E-state index contributed by atoms with van der Waals surface area (Å²) in [4.78, 5) is 0. The maximum Gasteiger partial charge on any atom is 0.214 e. The highest BCUT2D eigenvalue weighted by molar-refractivity contribution is 7.89. The van der Waals surface area contributed by atoms with Gasteiger partial charge in [-0.2, -0.15) is 0 Å². The van der Waals surface area contributed by atoms with Crippen LogP contribution >= 0.6 is 0 Å². The quantitative estimate of drug-likeness (QED) is 0.860. The summed E-state index contributed by atoms with van der Waals surface area (Å²) in [5.41, 5.74) is 3.30. The molecule has 1 aromatic carbocycles. The lowest BCUT2D eigenvalue weighted by atomic mass is 9.99. The first-order valence-electron chi connectivity index (χ1n) is 5.92. The van der Waals surface area contributed by atoms with Crippen molar-refractivity contribution < 1.29 is 13.2 Å². The number of benzene rings is 1. The summed E-state index contributed by atoms with van der Waals surface area (Å²) >= 11 is 0. The van der Waals surface area contributed by atoms with Crippen LogP contribution in [0.3, 0.4) is 0 Å². The minimum atomic E-state index is -3.30. The van der Waals surface area contributed by atoms with Crippen LogP contribution in [0.15, 0.2) is 18.2 Å². The van der Waals surface area contributed by atoms with Gasteiger partial charge in [-0.05, 0) is 37.5 Å². The maximum absolute atomic E-state index is 11.8. The Kier molecular flexibility index (Phi) is 5.31. The average molecular weight is 271 g/mol. The Morgan fingerprint density at radius 3 is 2.61 bits per heavy atom. The minimum Gasteiger partial charge on any atom is -0.384 e. The van der Waals surface area contributed by atoms with Gasteiger partial charge in [0.1, 0.15) is 0 Å². The largest absolute Gasteiger partial charge is 0.384 e. The minimum absolute atomic E-state index is 0.0152. The summed E-state index contributed by atoms with van der Waals surface area (Å²) in [6, 6.07) is 5.68. The number of hydrogen-bond acceptors (Lipinski definition) is 3. The fraction of sp³-hybridized carbons (Fsp3) is 0.538. The van der Waals surface area contributed by atoms with E-state index in [-0.39, 0.29) is 18.4 Å². The predicted molar refractivity (Wildman–Crippen MR) is 73.1 cm³/mol. The van der Waals surface area contributed by atoms with Gasteiger partial charge >= 0.3 is 0 Å². The van der Waals surface area contributed by atoms with Crippen molar-refractivity contribution in [2.45, 2.75) is 26.8 Å². The zero-order valence-corrected chi connectivity index (χ0v) is 12.2. The molecule has 1 rings (SSSR count). The standard InChI is InChI=1S/C13H21NO3S/c1-10-6-5-7-13(11(10)2)12(3)14-18(15,16)9-8-17-4/h5-7,12,14H,8-9H2,1-4H3/t12-/m0/s1. The molecule has 0 fully saturated rings. The van der Waals surface area contributed by atoms with Gasteiger partial charge in [-0.15, -0.1) is 0 Å². The summed E-state index contributed by atoms with van der Waals surface area (Å²) < 4.78 is 31.0. The van der Waals surface area contributed by atoms with Crippen molar-refractivity contribution >= 4 is 10.0 Å². The van der Waals surface area contributed by atoms with Crippen molar-refractivity contribution in [1.82, 2.24) is 4.72 Å². The van der Waals surface area contributed by atoms with Crippen LogP contribution in [-0.2, 0) is 14.8 Å². The van der Waals surface area contributed by atoms with Crippen molar-refractivity contribution in [1.29, 1.82) is 0 Å². The topological polar surface area (TPSA) is 55.4 Å². The van der Waals surface area contributed by atoms with E-state index in [2.05, 4.69) is 4.72 Å². The third-order valence-electron chi connectivity index (χ3n) is 3.03. The van der Waals surface area contributed by atoms with Gasteiger partial charge in [-0.3, -0.25) is 0 Å². The molecule has 0 radical (unpaired) electrons. The van der Waals surface area contributed by atoms with E-state index in [0.29, 0.717) is 0 Å². The molecule has 0 aliphatic carbocycles. The van der Waals surface area contributed by atoms with Crippen molar-refractivity contribution in [3.05, 3.63) is 34.9 Å². The lowest BCUT2D eigenvalue weighted by molar-refractivity contribution is 0.216. The van der Waals surface area contributed by atoms with E-state index < -0.39 is 10.0 Å². The van der Waals surface area contributed by atoms with E-state index in [9.17, 15) is 8.42 Å². The Morgan fingerprint density at radius 2 is 2.00 bits per heavy atom. The Hall–Kier alpha value is -0.910. The Balaban J connectivity index is 2.82. The molecular formula is C13H21NO3S. The van der Waals surface area contributed by atoms with Crippen LogP contribution < -0.4 is 4.72 Å². The maximum atomic E-state index is 11.8. The smallest absolute Gasteiger partial charge is 0.214 e. The SMILES string of the molecule is COCCS(=O)(=O)N[C@@H](C)c1cccc(C)c1C. The van der Waals surface area contributed by atoms with Crippen molar-refractivity contribution in [2.75, 3.05) is 19.5 Å². The van der Waals surface area contributed by atoms with Gasteiger partial charge in [0.15, 0.2) is 0 Å². The Labute approximate surface area is 109 Å². The highest BCUT2D eigenvalue weighted by Gasteiger charge is 2.17. The van der Waals surface area contributed by atoms with E-state index in [0.717, 1.165) is 16.7 Å². The number of nitrogens with one attached hydrogen (secondary N) is 1. The van der Waals surface area contributed by atoms with Gasteiger partial charge < -0.3 is 4.74 Å². The third-order valence-corrected chi connectivity index (χ3v) is 4.44. The van der Waals surface area contributed by atoms with Crippen molar-refractivity contribution in [3.63, 3.8) is 0 Å². The molecule has 4 nitrogen and oxygen atoms in total. The molecule has 0 unspecified atom stereocenters. The molecule has 1 atom stereocenters. The second-order valence-corrected chi connectivity index (χ2v) is 6.31. The number of sulfonamides is 1. The van der Waals surface area contributed by atoms with Gasteiger partial charge in [0.2, 0.25) is 10.0 Å². The summed E-state index contributed by atoms with van der Waals surface area (Å²) in [5.74, 6) is -0.0152. The molecule has 0 saturated heterocycles. The normalized spacial score (nSPS) is 13.6. The second kappa shape index (κ2) is 6.31. The molecule has 0 saturated carbocycles. The average Bonchev–Trinajstić information content (AvgIpc) is 2.29. The molecule has 0 aliphatic rings. The summed E-state index contributed by atoms with van der Waals surface area (Å²) in [7, 11) is -1.81. The monoisotopic (exact) mass is 271 g/mol. The highest BCUT2D eigenvalue weighted by atomic mass is 32.2. The first-order chi connectivity index (χ1) is 8.37. The lowest BCUT2D eigenvalue weighted by Gasteiger charge is -2.17. The first-order valence-corrected chi connectivity index (χ1v) is 7.57. The van der Waals surface area contributed by atoms with Crippen LogP contribution in [0.5, 0.6) is 0 Å². The zero-order chi connectivity index (χ0) is 13.8. The number of hydrogen-bond donors (Lipinski definition) is 1. The van der Waals surface area contributed by atoms with Crippen LogP contribution in [0.2, 0.25) is 0 Å². The van der Waals surface area contributed by atoms with E-state index >= 15 is 0 Å². The number of methoxy groups -OCH3 is 1. The summed E-state index contributed by atoms with van der Waals surface area (Å²) in [6.07, 6.45) is 0. The fourth-order valence-electron chi connectivity index (χ4n) is 1.83. The van der Waals surface area contributed by atoms with Gasteiger partial charge in [0, 0.05) is 13.2 Å². The molecular weight excluding hydrogens is 250 g/mol. The first kappa shape index (κ1) is 15.1. The number of ether oxygens (including phenoxy) is 1. The molecule has 0 aromatic heterocycles. The van der Waals surface area contributed by atoms with Gasteiger partial charge in [-0.25, -0.2) is 13.1 Å². The van der Waals surface area contributed by atoms with Crippen LogP contribution in [-0.4, -0.2) is 27.9 Å². The van der Waals surface area contributed by atoms with E-state index in [1.165, 1.54) is 7.11 Å². The molecule has 1 N–H and O–H groups in total. The molecule has 18 heavy (non-hydrogen) atoms. The fourth-order valence-corrected chi connectivity index (χ4v) is 3.00. The van der Waals surface area contributed by atoms with Crippen LogP contribution in [0, 0.1) is 13.8 Å². The van der Waals surface area contributed by atoms with Crippen molar-refractivity contribution in [3.8, 4) is 0 Å². The van der Waals surface area contributed by atoms with Gasteiger partial charge in [0.25, 0.3) is 0 Å². The zero-order valence-electron chi connectivity index (χ0n) is 11.4. The van der Waals surface area contributed by atoms with Crippen LogP contribution in [0.25, 0.3) is 0 Å². The highest BCUT2D eigenvalue weighted by Crippen LogP contribution is 2.20.